The highest BCUT2D eigenvalue weighted by molar-refractivity contribution is 8.01. The Labute approximate surface area is 61.4 Å². The average Bonchev–Trinajstić information content (AvgIpc) is 1.82. The first-order chi connectivity index (χ1) is 4.22. The average molecular weight is 143 g/mol. The van der Waals surface area contributed by atoms with E-state index in [2.05, 4.69) is 31.0 Å². The zero-order valence-corrected chi connectivity index (χ0v) is 7.03. The van der Waals surface area contributed by atoms with Crippen molar-refractivity contribution in [3.05, 3.63) is 11.0 Å². The first-order valence-corrected chi connectivity index (χ1v) is 3.79. The molecule has 9 heavy (non-hydrogen) atoms. The summed E-state index contributed by atoms with van der Waals surface area (Å²) >= 11 is 1.46. The lowest BCUT2D eigenvalue weighted by Gasteiger charge is -2.04. The molecule has 52 valence electrons. The molecular weight excluding hydrogens is 130 g/mol. The third kappa shape index (κ3) is 3.36. The number of hydrogen-bond acceptors (Lipinski definition) is 2. The van der Waals surface area contributed by atoms with Crippen LogP contribution in [0.4, 0.5) is 0 Å². The zero-order valence-electron chi connectivity index (χ0n) is 6.22. The van der Waals surface area contributed by atoms with Gasteiger partial charge < -0.3 is 0 Å². The van der Waals surface area contributed by atoms with E-state index in [1.54, 1.807) is 0 Å². The van der Waals surface area contributed by atoms with Crippen LogP contribution in [0.25, 0.3) is 0 Å². The Morgan fingerprint density at radius 1 is 1.67 bits per heavy atom. The van der Waals surface area contributed by atoms with Crippen LogP contribution in [-0.4, -0.2) is 6.72 Å². The van der Waals surface area contributed by atoms with Gasteiger partial charge in [0.15, 0.2) is 0 Å². The molecule has 0 bridgehead atoms. The lowest BCUT2D eigenvalue weighted by molar-refractivity contribution is 0.815. The maximum atomic E-state index is 3.73. The molecule has 0 aromatic rings. The summed E-state index contributed by atoms with van der Waals surface area (Å²) in [7, 11) is 0. The fraction of sp³-hybridized carbons (Fsp3) is 0.571. The topological polar surface area (TPSA) is 12.4 Å². The van der Waals surface area contributed by atoms with Crippen molar-refractivity contribution in [3.8, 4) is 0 Å². The second-order valence-electron chi connectivity index (χ2n) is 2.07. The van der Waals surface area contributed by atoms with E-state index < -0.39 is 0 Å². The van der Waals surface area contributed by atoms with E-state index >= 15 is 0 Å². The van der Waals surface area contributed by atoms with Crippen LogP contribution >= 0.6 is 11.9 Å². The van der Waals surface area contributed by atoms with Crippen LogP contribution in [0.3, 0.4) is 0 Å². The molecule has 1 nitrogen and oxygen atoms in total. The normalized spacial score (nSPS) is 12.2. The molecule has 0 aliphatic rings. The van der Waals surface area contributed by atoms with Gasteiger partial charge in [0.25, 0.3) is 0 Å². The van der Waals surface area contributed by atoms with Crippen molar-refractivity contribution in [1.29, 1.82) is 0 Å². The standard InChI is InChI=1S/C7H13NS/c1-5-7(6(2)3)9-8-4/h5-6H,4H2,1-3H3/b7-5-. The van der Waals surface area contributed by atoms with Crippen LogP contribution in [0.1, 0.15) is 20.8 Å². The maximum Gasteiger partial charge on any atom is 0.00632 e. The van der Waals surface area contributed by atoms with E-state index in [9.17, 15) is 0 Å². The summed E-state index contributed by atoms with van der Waals surface area (Å²) in [5.41, 5.74) is 0. The highest BCUT2D eigenvalue weighted by atomic mass is 32.2. The van der Waals surface area contributed by atoms with Gasteiger partial charge in [0.2, 0.25) is 0 Å². The molecule has 0 saturated carbocycles. The van der Waals surface area contributed by atoms with Gasteiger partial charge in [0.1, 0.15) is 0 Å². The summed E-state index contributed by atoms with van der Waals surface area (Å²) in [6, 6.07) is 0. The predicted molar refractivity (Wildman–Crippen MR) is 45.7 cm³/mol. The minimum Gasteiger partial charge on any atom is -0.228 e. The van der Waals surface area contributed by atoms with Crippen LogP contribution in [0.5, 0.6) is 0 Å². The summed E-state index contributed by atoms with van der Waals surface area (Å²) in [4.78, 5) is 1.28. The van der Waals surface area contributed by atoms with Gasteiger partial charge in [-0.3, -0.25) is 0 Å². The SMILES string of the molecule is C=NS/C(=C\C)C(C)C. The summed E-state index contributed by atoms with van der Waals surface area (Å²) in [5, 5.41) is 0. The Bertz CT molecular complexity index is 116. The second-order valence-corrected chi connectivity index (χ2v) is 2.98. The van der Waals surface area contributed by atoms with Gasteiger partial charge in [-0.05, 0) is 19.6 Å². The van der Waals surface area contributed by atoms with E-state index in [1.807, 2.05) is 6.92 Å². The van der Waals surface area contributed by atoms with Crippen LogP contribution in [-0.2, 0) is 0 Å². The first kappa shape index (κ1) is 8.76. The van der Waals surface area contributed by atoms with Crippen LogP contribution in [0.15, 0.2) is 15.4 Å². The highest BCUT2D eigenvalue weighted by Crippen LogP contribution is 2.23. The molecule has 0 rings (SSSR count). The van der Waals surface area contributed by atoms with E-state index in [4.69, 9.17) is 0 Å². The monoisotopic (exact) mass is 143 g/mol. The molecule has 0 aliphatic heterocycles. The van der Waals surface area contributed by atoms with Gasteiger partial charge in [-0.1, -0.05) is 19.9 Å². The molecule has 0 amide bonds. The van der Waals surface area contributed by atoms with Crippen LogP contribution < -0.4 is 0 Å². The number of allylic oxidation sites excluding steroid dienone is 2. The van der Waals surface area contributed by atoms with Gasteiger partial charge in [0.05, 0.1) is 0 Å². The summed E-state index contributed by atoms with van der Waals surface area (Å²) < 4.78 is 3.73. The Kier molecular flexibility index (Phi) is 4.50. The number of rotatable bonds is 3. The van der Waals surface area contributed by atoms with Crippen molar-refractivity contribution in [1.82, 2.24) is 0 Å². The third-order valence-electron chi connectivity index (χ3n) is 1.02. The lowest BCUT2D eigenvalue weighted by atomic mass is 10.2. The molecule has 0 aliphatic carbocycles. The first-order valence-electron chi connectivity index (χ1n) is 3.01. The Balaban J connectivity index is 3.84. The molecular formula is C7H13NS. The van der Waals surface area contributed by atoms with E-state index in [0.717, 1.165) is 0 Å². The third-order valence-corrected chi connectivity index (χ3v) is 2.07. The number of nitrogens with zero attached hydrogens (tertiary/aromatic N) is 1. The molecule has 0 unspecified atom stereocenters. The molecule has 0 aromatic heterocycles. The van der Waals surface area contributed by atoms with Crippen molar-refractivity contribution in [3.63, 3.8) is 0 Å². The van der Waals surface area contributed by atoms with Gasteiger partial charge >= 0.3 is 0 Å². The van der Waals surface area contributed by atoms with Gasteiger partial charge in [-0.15, -0.1) is 0 Å². The molecule has 0 atom stereocenters. The molecule has 0 saturated heterocycles. The van der Waals surface area contributed by atoms with E-state index in [-0.39, 0.29) is 0 Å². The summed E-state index contributed by atoms with van der Waals surface area (Å²) in [5.74, 6) is 0.575. The molecule has 0 aromatic carbocycles. The van der Waals surface area contributed by atoms with Gasteiger partial charge in [-0.2, -0.15) is 0 Å². The molecule has 0 fully saturated rings. The van der Waals surface area contributed by atoms with Crippen molar-refractivity contribution in [2.24, 2.45) is 10.3 Å². The summed E-state index contributed by atoms with van der Waals surface area (Å²) in [6.45, 7) is 9.72. The minimum atomic E-state index is 0.575. The van der Waals surface area contributed by atoms with Gasteiger partial charge in [0, 0.05) is 16.9 Å². The Morgan fingerprint density at radius 3 is 2.33 bits per heavy atom. The smallest absolute Gasteiger partial charge is 0.00632 e. The largest absolute Gasteiger partial charge is 0.228 e. The Hall–Kier alpha value is -0.240. The molecule has 0 N–H and O–H groups in total. The highest BCUT2D eigenvalue weighted by Gasteiger charge is 1.99. The van der Waals surface area contributed by atoms with Gasteiger partial charge in [-0.25, -0.2) is 4.40 Å². The summed E-state index contributed by atoms with van der Waals surface area (Å²) in [6.07, 6.45) is 2.07. The van der Waals surface area contributed by atoms with Crippen molar-refractivity contribution < 1.29 is 0 Å². The molecule has 2 heteroatoms. The molecule has 0 spiro atoms. The minimum absolute atomic E-state index is 0.575. The number of hydrogen-bond donors (Lipinski definition) is 0. The predicted octanol–water partition coefficient (Wildman–Crippen LogP) is 2.90. The van der Waals surface area contributed by atoms with Crippen molar-refractivity contribution >= 4 is 18.7 Å². The fourth-order valence-corrected chi connectivity index (χ4v) is 1.03. The van der Waals surface area contributed by atoms with E-state index in [0.29, 0.717) is 5.92 Å². The lowest BCUT2D eigenvalue weighted by Crippen LogP contribution is -1.86. The second kappa shape index (κ2) is 4.62. The Morgan fingerprint density at radius 2 is 2.22 bits per heavy atom. The van der Waals surface area contributed by atoms with Crippen LogP contribution in [0, 0.1) is 5.92 Å². The quantitative estimate of drug-likeness (QED) is 0.437. The van der Waals surface area contributed by atoms with E-state index in [1.165, 1.54) is 16.9 Å². The van der Waals surface area contributed by atoms with Crippen LogP contribution in [0.2, 0.25) is 0 Å². The molecule has 0 radical (unpaired) electrons. The fourth-order valence-electron chi connectivity index (χ4n) is 0.566. The maximum absolute atomic E-state index is 3.73. The zero-order chi connectivity index (χ0) is 7.28. The molecule has 0 heterocycles. The van der Waals surface area contributed by atoms with Crippen molar-refractivity contribution in [2.45, 2.75) is 20.8 Å². The van der Waals surface area contributed by atoms with Crippen molar-refractivity contribution in [2.75, 3.05) is 0 Å².